The predicted molar refractivity (Wildman–Crippen MR) is 183 cm³/mol. The van der Waals surface area contributed by atoms with E-state index in [1.54, 1.807) is 0 Å². The van der Waals surface area contributed by atoms with Gasteiger partial charge in [-0.1, -0.05) is 109 Å². The molecule has 6 aromatic carbocycles. The molecule has 0 spiro atoms. The first-order valence-corrected chi connectivity index (χ1v) is 15.1. The van der Waals surface area contributed by atoms with E-state index in [0.29, 0.717) is 22.5 Å². The van der Waals surface area contributed by atoms with Crippen LogP contribution >= 0.6 is 11.6 Å². The third-order valence-corrected chi connectivity index (χ3v) is 8.51. The lowest BCUT2D eigenvalue weighted by Gasteiger charge is -2.12. The molecular formula is C39H23ClN4O. The monoisotopic (exact) mass is 598 g/mol. The van der Waals surface area contributed by atoms with E-state index in [2.05, 4.69) is 65.2 Å². The molecule has 0 radical (unpaired) electrons. The Morgan fingerprint density at radius 2 is 1.09 bits per heavy atom. The van der Waals surface area contributed by atoms with Crippen molar-refractivity contribution in [2.45, 2.75) is 0 Å². The number of para-hydroxylation sites is 3. The summed E-state index contributed by atoms with van der Waals surface area (Å²) < 4.78 is 8.44. The zero-order valence-electron chi connectivity index (χ0n) is 23.9. The van der Waals surface area contributed by atoms with E-state index in [4.69, 9.17) is 31.0 Å². The SMILES string of the molecule is Clc1cc(-c2nc(-c3ccccc3)nc(-c3cccc4oc5ccccc5c34)n2)cc(-n2c3ccccc3c3ccccc32)c1. The summed E-state index contributed by atoms with van der Waals surface area (Å²) in [6.07, 6.45) is 0. The first-order chi connectivity index (χ1) is 22.2. The third-order valence-electron chi connectivity index (χ3n) is 8.29. The summed E-state index contributed by atoms with van der Waals surface area (Å²) >= 11 is 6.86. The van der Waals surface area contributed by atoms with Gasteiger partial charge in [0.1, 0.15) is 11.2 Å². The Bertz CT molecular complexity index is 2510. The van der Waals surface area contributed by atoms with E-state index in [-0.39, 0.29) is 0 Å². The number of rotatable bonds is 4. The quantitative estimate of drug-likeness (QED) is 0.202. The standard InChI is InChI=1S/C39H23ClN4O/c40-26-21-25(22-27(23-26)44-32-17-7-4-13-28(32)29-14-5-8-18-33(29)44)38-41-37(24-11-2-1-3-12-24)42-39(43-38)31-16-10-20-35-36(31)30-15-6-9-19-34(30)45-35/h1-23H. The molecule has 212 valence electrons. The van der Waals surface area contributed by atoms with E-state index < -0.39 is 0 Å². The van der Waals surface area contributed by atoms with Gasteiger partial charge in [-0.3, -0.25) is 0 Å². The maximum absolute atomic E-state index is 6.86. The second-order valence-corrected chi connectivity index (χ2v) is 11.5. The molecule has 0 amide bonds. The van der Waals surface area contributed by atoms with Crippen molar-refractivity contribution in [3.05, 3.63) is 145 Å². The van der Waals surface area contributed by atoms with Gasteiger partial charge >= 0.3 is 0 Å². The van der Waals surface area contributed by atoms with Crippen LogP contribution in [0.1, 0.15) is 0 Å². The first-order valence-electron chi connectivity index (χ1n) is 14.7. The normalized spacial score (nSPS) is 11.7. The van der Waals surface area contributed by atoms with E-state index in [0.717, 1.165) is 55.3 Å². The van der Waals surface area contributed by atoms with Crippen LogP contribution in [0.25, 0.3) is 83.6 Å². The van der Waals surface area contributed by atoms with E-state index in [1.165, 1.54) is 10.8 Å². The van der Waals surface area contributed by atoms with Gasteiger partial charge < -0.3 is 8.98 Å². The lowest BCUT2D eigenvalue weighted by molar-refractivity contribution is 0.669. The van der Waals surface area contributed by atoms with Crippen molar-refractivity contribution in [3.63, 3.8) is 0 Å². The van der Waals surface area contributed by atoms with Gasteiger partial charge in [0.05, 0.1) is 11.0 Å². The molecule has 9 rings (SSSR count). The fourth-order valence-electron chi connectivity index (χ4n) is 6.34. The van der Waals surface area contributed by atoms with Gasteiger partial charge in [-0.2, -0.15) is 0 Å². The smallest absolute Gasteiger partial charge is 0.164 e. The van der Waals surface area contributed by atoms with Gasteiger partial charge in [-0.25, -0.2) is 15.0 Å². The maximum atomic E-state index is 6.86. The third kappa shape index (κ3) is 4.20. The van der Waals surface area contributed by atoms with Crippen molar-refractivity contribution in [1.82, 2.24) is 19.5 Å². The maximum Gasteiger partial charge on any atom is 0.164 e. The second-order valence-electron chi connectivity index (χ2n) is 11.0. The molecule has 0 aliphatic heterocycles. The van der Waals surface area contributed by atoms with Crippen molar-refractivity contribution in [2.75, 3.05) is 0 Å². The molecule has 0 N–H and O–H groups in total. The Morgan fingerprint density at radius 3 is 1.84 bits per heavy atom. The minimum Gasteiger partial charge on any atom is -0.456 e. The highest BCUT2D eigenvalue weighted by atomic mass is 35.5. The Morgan fingerprint density at radius 1 is 0.489 bits per heavy atom. The Labute approximate surface area is 263 Å². The summed E-state index contributed by atoms with van der Waals surface area (Å²) in [7, 11) is 0. The van der Waals surface area contributed by atoms with Crippen molar-refractivity contribution >= 4 is 55.3 Å². The molecule has 0 aliphatic carbocycles. The summed E-state index contributed by atoms with van der Waals surface area (Å²) in [5, 5.41) is 4.95. The lowest BCUT2D eigenvalue weighted by Crippen LogP contribution is -2.01. The number of hydrogen-bond acceptors (Lipinski definition) is 4. The lowest BCUT2D eigenvalue weighted by atomic mass is 10.1. The number of aromatic nitrogens is 4. The minimum absolute atomic E-state index is 0.535. The van der Waals surface area contributed by atoms with Crippen LogP contribution in [0.3, 0.4) is 0 Å². The highest BCUT2D eigenvalue weighted by molar-refractivity contribution is 6.31. The molecule has 0 aliphatic rings. The van der Waals surface area contributed by atoms with Gasteiger partial charge in [-0.05, 0) is 42.5 Å². The molecule has 3 heterocycles. The van der Waals surface area contributed by atoms with Crippen LogP contribution in [0.2, 0.25) is 5.02 Å². The van der Waals surface area contributed by atoms with E-state index in [1.807, 2.05) is 78.9 Å². The molecule has 0 bridgehead atoms. The number of benzene rings is 6. The van der Waals surface area contributed by atoms with E-state index in [9.17, 15) is 0 Å². The van der Waals surface area contributed by atoms with E-state index >= 15 is 0 Å². The molecule has 5 nitrogen and oxygen atoms in total. The molecule has 0 atom stereocenters. The fourth-order valence-corrected chi connectivity index (χ4v) is 6.57. The highest BCUT2D eigenvalue weighted by Crippen LogP contribution is 2.38. The molecule has 6 heteroatoms. The van der Waals surface area contributed by atoms with Gasteiger partial charge in [-0.15, -0.1) is 0 Å². The fraction of sp³-hybridized carbons (Fsp3) is 0. The molecular weight excluding hydrogens is 576 g/mol. The summed E-state index contributed by atoms with van der Waals surface area (Å²) in [5.74, 6) is 1.68. The molecule has 0 fully saturated rings. The van der Waals surface area contributed by atoms with Gasteiger partial charge in [0.25, 0.3) is 0 Å². The summed E-state index contributed by atoms with van der Waals surface area (Å²) in [6, 6.07) is 46.9. The zero-order valence-corrected chi connectivity index (χ0v) is 24.6. The number of hydrogen-bond donors (Lipinski definition) is 0. The summed E-state index contributed by atoms with van der Waals surface area (Å²) in [4.78, 5) is 15.1. The topological polar surface area (TPSA) is 56.7 Å². The van der Waals surface area contributed by atoms with Crippen molar-refractivity contribution in [2.24, 2.45) is 0 Å². The zero-order chi connectivity index (χ0) is 29.9. The summed E-state index contributed by atoms with van der Waals surface area (Å²) in [6.45, 7) is 0. The molecule has 9 aromatic rings. The average Bonchev–Trinajstić information content (AvgIpc) is 3.64. The van der Waals surface area contributed by atoms with Crippen LogP contribution < -0.4 is 0 Å². The van der Waals surface area contributed by atoms with Gasteiger partial charge in [0.15, 0.2) is 17.5 Å². The van der Waals surface area contributed by atoms with Crippen LogP contribution in [0.5, 0.6) is 0 Å². The number of fused-ring (bicyclic) bond motifs is 6. The number of halogens is 1. The molecule has 0 unspecified atom stereocenters. The van der Waals surface area contributed by atoms with Crippen LogP contribution in [-0.2, 0) is 0 Å². The Hall–Kier alpha value is -5.78. The van der Waals surface area contributed by atoms with Crippen LogP contribution in [0.4, 0.5) is 0 Å². The molecule has 0 saturated carbocycles. The first kappa shape index (κ1) is 25.7. The average molecular weight is 599 g/mol. The largest absolute Gasteiger partial charge is 0.456 e. The number of nitrogens with zero attached hydrogens (tertiary/aromatic N) is 4. The highest BCUT2D eigenvalue weighted by Gasteiger charge is 2.19. The minimum atomic E-state index is 0.535. The van der Waals surface area contributed by atoms with Crippen molar-refractivity contribution in [1.29, 1.82) is 0 Å². The van der Waals surface area contributed by atoms with Gasteiger partial charge in [0.2, 0.25) is 0 Å². The van der Waals surface area contributed by atoms with Crippen molar-refractivity contribution in [3.8, 4) is 39.9 Å². The molecule has 3 aromatic heterocycles. The predicted octanol–water partition coefficient (Wildman–Crippen LogP) is 10.5. The Balaban J connectivity index is 1.30. The Kier molecular flexibility index (Phi) is 5.80. The van der Waals surface area contributed by atoms with Crippen LogP contribution in [0.15, 0.2) is 144 Å². The second kappa shape index (κ2) is 10.2. The molecule has 0 saturated heterocycles. The number of furan rings is 1. The van der Waals surface area contributed by atoms with Gasteiger partial charge in [0, 0.05) is 48.9 Å². The van der Waals surface area contributed by atoms with Crippen LogP contribution in [-0.4, -0.2) is 19.5 Å². The van der Waals surface area contributed by atoms with Crippen LogP contribution in [0, 0.1) is 0 Å². The summed E-state index contributed by atoms with van der Waals surface area (Å²) in [5.41, 5.74) is 7.32. The molecule has 45 heavy (non-hydrogen) atoms. The van der Waals surface area contributed by atoms with Crippen molar-refractivity contribution < 1.29 is 4.42 Å².